The average Bonchev–Trinajstić information content (AvgIpc) is 2.98. The molecule has 0 saturated heterocycles. The highest BCUT2D eigenvalue weighted by atomic mass is 35.5. The SMILES string of the molecule is C[NH+](CCOc1ccc(Cl)cc1)Cc1cc(=O)n2ccsc2n1. The summed E-state index contributed by atoms with van der Waals surface area (Å²) < 4.78 is 7.25. The molecule has 0 saturated carbocycles. The molecule has 3 aromatic rings. The molecule has 1 N–H and O–H groups in total. The summed E-state index contributed by atoms with van der Waals surface area (Å²) in [7, 11) is 2.06. The normalized spacial score (nSPS) is 12.4. The number of thiazole rings is 1. The fourth-order valence-corrected chi connectivity index (χ4v) is 3.11. The van der Waals surface area contributed by atoms with E-state index >= 15 is 0 Å². The van der Waals surface area contributed by atoms with Crippen LogP contribution in [0.3, 0.4) is 0 Å². The lowest BCUT2D eigenvalue weighted by Gasteiger charge is -2.14. The molecule has 120 valence electrons. The van der Waals surface area contributed by atoms with Crippen LogP contribution in [-0.2, 0) is 6.54 Å². The zero-order valence-electron chi connectivity index (χ0n) is 12.7. The second kappa shape index (κ2) is 7.12. The molecule has 3 rings (SSSR count). The van der Waals surface area contributed by atoms with Crippen LogP contribution in [0.1, 0.15) is 5.69 Å². The van der Waals surface area contributed by atoms with E-state index in [0.29, 0.717) is 18.2 Å². The van der Waals surface area contributed by atoms with Gasteiger partial charge < -0.3 is 9.64 Å². The minimum Gasteiger partial charge on any atom is -0.488 e. The highest BCUT2D eigenvalue weighted by Crippen LogP contribution is 2.15. The van der Waals surface area contributed by atoms with E-state index in [-0.39, 0.29) is 5.56 Å². The number of rotatable bonds is 6. The van der Waals surface area contributed by atoms with E-state index in [4.69, 9.17) is 16.3 Å². The zero-order chi connectivity index (χ0) is 16.2. The maximum Gasteiger partial charge on any atom is 0.258 e. The van der Waals surface area contributed by atoms with Crippen LogP contribution in [0.25, 0.3) is 4.96 Å². The van der Waals surface area contributed by atoms with Crippen LogP contribution < -0.4 is 15.2 Å². The summed E-state index contributed by atoms with van der Waals surface area (Å²) in [6, 6.07) is 8.92. The third kappa shape index (κ3) is 4.10. The summed E-state index contributed by atoms with van der Waals surface area (Å²) in [5.41, 5.74) is 0.776. The lowest BCUT2D eigenvalue weighted by Crippen LogP contribution is -3.08. The molecule has 0 bridgehead atoms. The third-order valence-electron chi connectivity index (χ3n) is 3.45. The quantitative estimate of drug-likeness (QED) is 0.733. The molecule has 0 aliphatic carbocycles. The van der Waals surface area contributed by atoms with Crippen molar-refractivity contribution >= 4 is 27.9 Å². The first-order valence-corrected chi connectivity index (χ1v) is 8.53. The van der Waals surface area contributed by atoms with Crippen molar-refractivity contribution in [3.63, 3.8) is 0 Å². The largest absolute Gasteiger partial charge is 0.488 e. The summed E-state index contributed by atoms with van der Waals surface area (Å²) >= 11 is 7.31. The molecule has 0 fully saturated rings. The number of hydrogen-bond donors (Lipinski definition) is 1. The summed E-state index contributed by atoms with van der Waals surface area (Å²) in [5, 5.41) is 2.56. The number of nitrogens with one attached hydrogen (secondary N) is 1. The molecule has 1 aromatic carbocycles. The van der Waals surface area contributed by atoms with Crippen LogP contribution in [0.5, 0.6) is 5.75 Å². The number of ether oxygens (including phenoxy) is 1. The molecule has 0 amide bonds. The van der Waals surface area contributed by atoms with Crippen LogP contribution in [0.4, 0.5) is 0 Å². The predicted molar refractivity (Wildman–Crippen MR) is 91.7 cm³/mol. The number of benzene rings is 1. The Hall–Kier alpha value is -1.89. The standard InChI is InChI=1S/C16H16ClN3O2S/c1-19(6-8-22-14-4-2-12(17)3-5-14)11-13-10-15(21)20-7-9-23-16(20)18-13/h2-5,7,9-10H,6,8,11H2,1H3/p+1. The first-order chi connectivity index (χ1) is 11.1. The van der Waals surface area contributed by atoms with Crippen molar-refractivity contribution in [2.45, 2.75) is 6.54 Å². The van der Waals surface area contributed by atoms with Crippen LogP contribution >= 0.6 is 22.9 Å². The second-order valence-corrected chi connectivity index (χ2v) is 6.64. The molecule has 1 atom stereocenters. The minimum atomic E-state index is -0.0311. The Labute approximate surface area is 142 Å². The Kier molecular flexibility index (Phi) is 4.95. The molecule has 5 nitrogen and oxygen atoms in total. The van der Waals surface area contributed by atoms with Gasteiger partial charge in [0.25, 0.3) is 5.56 Å². The topological polar surface area (TPSA) is 48.0 Å². The van der Waals surface area contributed by atoms with E-state index in [1.165, 1.54) is 16.2 Å². The predicted octanol–water partition coefficient (Wildman–Crippen LogP) is 1.50. The fourth-order valence-electron chi connectivity index (χ4n) is 2.25. The van der Waals surface area contributed by atoms with Gasteiger partial charge in [-0.3, -0.25) is 9.20 Å². The number of hydrogen-bond acceptors (Lipinski definition) is 4. The summed E-state index contributed by atoms with van der Waals surface area (Å²) in [6.07, 6.45) is 1.75. The van der Waals surface area contributed by atoms with Crippen molar-refractivity contribution in [2.24, 2.45) is 0 Å². The molecule has 2 aromatic heterocycles. The number of quaternary nitrogens is 1. The smallest absolute Gasteiger partial charge is 0.258 e. The Bertz CT molecular complexity index is 844. The summed E-state index contributed by atoms with van der Waals surface area (Å²) in [4.78, 5) is 18.4. The maximum absolute atomic E-state index is 12.0. The van der Waals surface area contributed by atoms with E-state index in [2.05, 4.69) is 12.0 Å². The van der Waals surface area contributed by atoms with Gasteiger partial charge in [0.05, 0.1) is 7.05 Å². The van der Waals surface area contributed by atoms with Crippen LogP contribution in [0.2, 0.25) is 5.02 Å². The Morgan fingerprint density at radius 2 is 2.13 bits per heavy atom. The Morgan fingerprint density at radius 3 is 2.91 bits per heavy atom. The van der Waals surface area contributed by atoms with Crippen molar-refractivity contribution in [1.29, 1.82) is 0 Å². The molecule has 0 aliphatic heterocycles. The van der Waals surface area contributed by atoms with Crippen molar-refractivity contribution in [3.05, 3.63) is 63.0 Å². The fraction of sp³-hybridized carbons (Fsp3) is 0.250. The van der Waals surface area contributed by atoms with Gasteiger partial charge >= 0.3 is 0 Å². The second-order valence-electron chi connectivity index (χ2n) is 5.33. The highest BCUT2D eigenvalue weighted by Gasteiger charge is 2.09. The number of aromatic nitrogens is 2. The van der Waals surface area contributed by atoms with Gasteiger partial charge in [-0.15, -0.1) is 11.3 Å². The molecule has 0 spiro atoms. The first kappa shape index (κ1) is 16.0. The van der Waals surface area contributed by atoms with Gasteiger partial charge in [-0.2, -0.15) is 0 Å². The number of halogens is 1. The minimum absolute atomic E-state index is 0.0311. The van der Waals surface area contributed by atoms with Gasteiger partial charge in [0.1, 0.15) is 31.1 Å². The van der Waals surface area contributed by atoms with Gasteiger partial charge in [0.15, 0.2) is 4.96 Å². The average molecular weight is 351 g/mol. The lowest BCUT2D eigenvalue weighted by atomic mass is 10.3. The third-order valence-corrected chi connectivity index (χ3v) is 4.46. The van der Waals surface area contributed by atoms with Gasteiger partial charge in [0.2, 0.25) is 0 Å². The molecular weight excluding hydrogens is 334 g/mol. The Morgan fingerprint density at radius 1 is 1.35 bits per heavy atom. The van der Waals surface area contributed by atoms with Gasteiger partial charge in [-0.05, 0) is 24.3 Å². The van der Waals surface area contributed by atoms with Crippen molar-refractivity contribution in [3.8, 4) is 5.75 Å². The van der Waals surface area contributed by atoms with Crippen molar-refractivity contribution in [2.75, 3.05) is 20.2 Å². The number of likely N-dealkylation sites (N-methyl/N-ethyl adjacent to an activating group) is 1. The van der Waals surface area contributed by atoms with E-state index < -0.39 is 0 Å². The first-order valence-electron chi connectivity index (χ1n) is 7.27. The molecule has 0 aliphatic rings. The lowest BCUT2D eigenvalue weighted by molar-refractivity contribution is -0.894. The van der Waals surface area contributed by atoms with Crippen LogP contribution in [-0.4, -0.2) is 29.6 Å². The number of fused-ring (bicyclic) bond motifs is 1. The molecule has 2 heterocycles. The van der Waals surface area contributed by atoms with Crippen LogP contribution in [0, 0.1) is 0 Å². The van der Waals surface area contributed by atoms with Crippen LogP contribution in [0.15, 0.2) is 46.7 Å². The van der Waals surface area contributed by atoms with E-state index in [1.54, 1.807) is 28.8 Å². The van der Waals surface area contributed by atoms with E-state index in [9.17, 15) is 4.79 Å². The van der Waals surface area contributed by atoms with Crippen molar-refractivity contribution in [1.82, 2.24) is 9.38 Å². The number of nitrogens with zero attached hydrogens (tertiary/aromatic N) is 2. The molecule has 23 heavy (non-hydrogen) atoms. The van der Waals surface area contributed by atoms with Gasteiger partial charge in [-0.25, -0.2) is 4.98 Å². The van der Waals surface area contributed by atoms with Crippen molar-refractivity contribution < 1.29 is 9.64 Å². The Balaban J connectivity index is 1.54. The van der Waals surface area contributed by atoms with Gasteiger partial charge in [-0.1, -0.05) is 11.6 Å². The molecule has 0 radical (unpaired) electrons. The summed E-state index contributed by atoms with van der Waals surface area (Å²) in [5.74, 6) is 0.804. The summed E-state index contributed by atoms with van der Waals surface area (Å²) in [6.45, 7) is 2.09. The molecular formula is C16H17ClN3O2S+. The van der Waals surface area contributed by atoms with E-state index in [0.717, 1.165) is 22.9 Å². The van der Waals surface area contributed by atoms with Gasteiger partial charge in [0, 0.05) is 22.7 Å². The maximum atomic E-state index is 12.0. The molecule has 1 unspecified atom stereocenters. The zero-order valence-corrected chi connectivity index (χ0v) is 14.2. The molecule has 7 heteroatoms. The highest BCUT2D eigenvalue weighted by molar-refractivity contribution is 7.15. The monoisotopic (exact) mass is 350 g/mol. The van der Waals surface area contributed by atoms with E-state index in [1.807, 2.05) is 17.5 Å².